The van der Waals surface area contributed by atoms with Crippen LogP contribution in [0.15, 0.2) is 24.3 Å². The van der Waals surface area contributed by atoms with Crippen molar-refractivity contribution >= 4 is 5.91 Å². The lowest BCUT2D eigenvalue weighted by atomic mass is 10.00. The van der Waals surface area contributed by atoms with E-state index in [1.54, 1.807) is 17.0 Å². The van der Waals surface area contributed by atoms with Crippen LogP contribution in [0.3, 0.4) is 0 Å². The van der Waals surface area contributed by atoms with Gasteiger partial charge in [0.25, 0.3) is 0 Å². The Kier molecular flexibility index (Phi) is 5.06. The van der Waals surface area contributed by atoms with Crippen LogP contribution in [-0.4, -0.2) is 22.9 Å². The zero-order valence-corrected chi connectivity index (χ0v) is 12.1. The molecular weight excluding hydrogens is 243 g/mol. The number of hydrogen-bond donors (Lipinski definition) is 1. The van der Waals surface area contributed by atoms with Crippen molar-refractivity contribution in [2.45, 2.75) is 45.7 Å². The lowest BCUT2D eigenvalue weighted by Crippen LogP contribution is -2.42. The molecule has 1 aromatic rings. The van der Waals surface area contributed by atoms with E-state index in [1.165, 1.54) is 12.1 Å². The fourth-order valence-electron chi connectivity index (χ4n) is 2.08. The van der Waals surface area contributed by atoms with Crippen LogP contribution in [0.25, 0.3) is 0 Å². The Morgan fingerprint density at radius 1 is 1.37 bits per heavy atom. The molecule has 0 aromatic heterocycles. The third-order valence-corrected chi connectivity index (χ3v) is 3.09. The van der Waals surface area contributed by atoms with Crippen LogP contribution >= 0.6 is 0 Å². The summed E-state index contributed by atoms with van der Waals surface area (Å²) in [4.78, 5) is 14.0. The molecule has 19 heavy (non-hydrogen) atoms. The number of benzene rings is 1. The van der Waals surface area contributed by atoms with E-state index in [4.69, 9.17) is 5.73 Å². The molecule has 1 rings (SSSR count). The Bertz CT molecular complexity index is 423. The van der Waals surface area contributed by atoms with E-state index in [0.29, 0.717) is 13.0 Å². The van der Waals surface area contributed by atoms with Gasteiger partial charge in [0.1, 0.15) is 5.82 Å². The molecule has 0 aliphatic carbocycles. The Balaban J connectivity index is 2.84. The first-order chi connectivity index (χ1) is 8.74. The van der Waals surface area contributed by atoms with Crippen molar-refractivity contribution in [2.75, 3.05) is 6.54 Å². The zero-order valence-electron chi connectivity index (χ0n) is 12.1. The number of amides is 1. The second-order valence-electron chi connectivity index (χ2n) is 5.57. The molecule has 1 unspecified atom stereocenters. The molecule has 1 aromatic carbocycles. The van der Waals surface area contributed by atoms with Crippen molar-refractivity contribution in [1.29, 1.82) is 0 Å². The molecule has 1 atom stereocenters. The number of nitrogens with two attached hydrogens (primary N) is 1. The van der Waals surface area contributed by atoms with Crippen LogP contribution in [0.5, 0.6) is 0 Å². The summed E-state index contributed by atoms with van der Waals surface area (Å²) in [5.74, 6) is -0.250. The minimum Gasteiger partial charge on any atom is -0.336 e. The van der Waals surface area contributed by atoms with Gasteiger partial charge in [0.05, 0.1) is 6.04 Å². The van der Waals surface area contributed by atoms with Gasteiger partial charge in [-0.2, -0.15) is 0 Å². The number of rotatable bonds is 5. The van der Waals surface area contributed by atoms with E-state index < -0.39 is 5.54 Å². The molecule has 0 spiro atoms. The highest BCUT2D eigenvalue weighted by Crippen LogP contribution is 2.22. The van der Waals surface area contributed by atoms with E-state index in [9.17, 15) is 9.18 Å². The number of halogens is 1. The molecule has 4 heteroatoms. The quantitative estimate of drug-likeness (QED) is 0.890. The maximum atomic E-state index is 12.9. The largest absolute Gasteiger partial charge is 0.336 e. The maximum absolute atomic E-state index is 12.9. The Labute approximate surface area is 114 Å². The monoisotopic (exact) mass is 266 g/mol. The third kappa shape index (κ3) is 4.63. The summed E-state index contributed by atoms with van der Waals surface area (Å²) in [5, 5.41) is 0. The average Bonchev–Trinajstić information content (AvgIpc) is 2.28. The van der Waals surface area contributed by atoms with Gasteiger partial charge in [-0.15, -0.1) is 0 Å². The van der Waals surface area contributed by atoms with Gasteiger partial charge in [0.2, 0.25) is 5.91 Å². The Morgan fingerprint density at radius 2 is 1.89 bits per heavy atom. The number of hydrogen-bond acceptors (Lipinski definition) is 2. The lowest BCUT2D eigenvalue weighted by Gasteiger charge is -2.31. The SMILES string of the molecule is CCN(C(=O)CC(C)(C)N)C(C)c1ccc(F)cc1. The van der Waals surface area contributed by atoms with Gasteiger partial charge in [-0.05, 0) is 45.4 Å². The summed E-state index contributed by atoms with van der Waals surface area (Å²) in [6, 6.07) is 6.17. The summed E-state index contributed by atoms with van der Waals surface area (Å²) in [5.41, 5.74) is 6.29. The smallest absolute Gasteiger partial charge is 0.224 e. The Morgan fingerprint density at radius 3 is 2.32 bits per heavy atom. The van der Waals surface area contributed by atoms with Gasteiger partial charge >= 0.3 is 0 Å². The second-order valence-corrected chi connectivity index (χ2v) is 5.57. The molecule has 0 saturated carbocycles. The summed E-state index contributed by atoms with van der Waals surface area (Å²) < 4.78 is 12.9. The zero-order chi connectivity index (χ0) is 14.6. The molecule has 0 bridgehead atoms. The van der Waals surface area contributed by atoms with Crippen LogP contribution in [0.2, 0.25) is 0 Å². The van der Waals surface area contributed by atoms with Crippen molar-refractivity contribution in [3.05, 3.63) is 35.6 Å². The first-order valence-electron chi connectivity index (χ1n) is 6.58. The molecule has 2 N–H and O–H groups in total. The lowest BCUT2D eigenvalue weighted by molar-refractivity contribution is -0.134. The van der Waals surface area contributed by atoms with Crippen molar-refractivity contribution in [3.8, 4) is 0 Å². The second kappa shape index (κ2) is 6.15. The number of carbonyl (C=O) groups excluding carboxylic acids is 1. The maximum Gasteiger partial charge on any atom is 0.224 e. The van der Waals surface area contributed by atoms with Crippen molar-refractivity contribution < 1.29 is 9.18 Å². The molecule has 0 fully saturated rings. The third-order valence-electron chi connectivity index (χ3n) is 3.09. The molecule has 0 aliphatic heterocycles. The van der Waals surface area contributed by atoms with E-state index in [2.05, 4.69) is 0 Å². The molecule has 0 heterocycles. The number of carbonyl (C=O) groups is 1. The van der Waals surface area contributed by atoms with Gasteiger partial charge in [-0.25, -0.2) is 4.39 Å². The molecular formula is C15H23FN2O. The minimum absolute atomic E-state index is 0.0202. The summed E-state index contributed by atoms with van der Waals surface area (Å²) in [6.07, 6.45) is 0.298. The van der Waals surface area contributed by atoms with Crippen LogP contribution in [-0.2, 0) is 4.79 Å². The van der Waals surface area contributed by atoms with Gasteiger partial charge in [-0.3, -0.25) is 4.79 Å². The van der Waals surface area contributed by atoms with E-state index in [0.717, 1.165) is 5.56 Å². The minimum atomic E-state index is -0.521. The molecule has 1 amide bonds. The molecule has 0 radical (unpaired) electrons. The van der Waals surface area contributed by atoms with E-state index in [-0.39, 0.29) is 17.8 Å². The average molecular weight is 266 g/mol. The van der Waals surface area contributed by atoms with Crippen LogP contribution in [0.4, 0.5) is 4.39 Å². The van der Waals surface area contributed by atoms with Crippen molar-refractivity contribution in [2.24, 2.45) is 5.73 Å². The van der Waals surface area contributed by atoms with Crippen molar-refractivity contribution in [1.82, 2.24) is 4.90 Å². The highest BCUT2D eigenvalue weighted by atomic mass is 19.1. The fourth-order valence-corrected chi connectivity index (χ4v) is 2.08. The number of nitrogens with zero attached hydrogens (tertiary/aromatic N) is 1. The highest BCUT2D eigenvalue weighted by Gasteiger charge is 2.24. The first kappa shape index (κ1) is 15.6. The Hall–Kier alpha value is -1.42. The first-order valence-corrected chi connectivity index (χ1v) is 6.58. The molecule has 0 aliphatic rings. The fraction of sp³-hybridized carbons (Fsp3) is 0.533. The standard InChI is InChI=1S/C15H23FN2O/c1-5-18(14(19)10-15(3,4)17)11(2)12-6-8-13(16)9-7-12/h6-9,11H,5,10,17H2,1-4H3. The van der Waals surface area contributed by atoms with Crippen LogP contribution in [0.1, 0.15) is 45.7 Å². The topological polar surface area (TPSA) is 46.3 Å². The molecule has 0 saturated heterocycles. The predicted octanol–water partition coefficient (Wildman–Crippen LogP) is 2.86. The summed E-state index contributed by atoms with van der Waals surface area (Å²) in [7, 11) is 0. The molecule has 106 valence electrons. The van der Waals surface area contributed by atoms with Gasteiger partial charge in [-0.1, -0.05) is 12.1 Å². The van der Waals surface area contributed by atoms with E-state index in [1.807, 2.05) is 27.7 Å². The van der Waals surface area contributed by atoms with Gasteiger partial charge < -0.3 is 10.6 Å². The summed E-state index contributed by atoms with van der Waals surface area (Å²) >= 11 is 0. The van der Waals surface area contributed by atoms with Crippen LogP contribution in [0, 0.1) is 5.82 Å². The van der Waals surface area contributed by atoms with E-state index >= 15 is 0 Å². The van der Waals surface area contributed by atoms with Crippen molar-refractivity contribution in [3.63, 3.8) is 0 Å². The van der Waals surface area contributed by atoms with Gasteiger partial charge in [0.15, 0.2) is 0 Å². The van der Waals surface area contributed by atoms with Gasteiger partial charge in [0, 0.05) is 18.5 Å². The van der Waals surface area contributed by atoms with Crippen LogP contribution < -0.4 is 5.73 Å². The normalized spacial score (nSPS) is 13.2. The predicted molar refractivity (Wildman–Crippen MR) is 75.1 cm³/mol. The highest BCUT2D eigenvalue weighted by molar-refractivity contribution is 5.77. The molecule has 3 nitrogen and oxygen atoms in total. The summed E-state index contributed by atoms with van der Waals surface area (Å²) in [6.45, 7) is 8.15.